The lowest BCUT2D eigenvalue weighted by molar-refractivity contribution is -0.121. The second-order valence-corrected chi connectivity index (χ2v) is 4.69. The second kappa shape index (κ2) is 6.21. The largest absolute Gasteiger partial charge is 0.378 e. The van der Waals surface area contributed by atoms with Crippen molar-refractivity contribution in [3.05, 3.63) is 0 Å². The summed E-state index contributed by atoms with van der Waals surface area (Å²) < 4.78 is 5.71. The fourth-order valence-corrected chi connectivity index (χ4v) is 2.62. The summed E-state index contributed by atoms with van der Waals surface area (Å²) in [5.74, 6) is -0.224. The monoisotopic (exact) mass is 228 g/mol. The number of hydrogen-bond acceptors (Lipinski definition) is 3. The molecule has 0 aromatic rings. The molecule has 0 aromatic carbocycles. The van der Waals surface area contributed by atoms with E-state index in [4.69, 9.17) is 10.5 Å². The molecule has 1 fully saturated rings. The molecule has 3 N–H and O–H groups in total. The number of hydrogen-bond donors (Lipinski definition) is 2. The first-order valence-electron chi connectivity index (χ1n) is 6.27. The van der Waals surface area contributed by atoms with Crippen LogP contribution in [0.25, 0.3) is 0 Å². The summed E-state index contributed by atoms with van der Waals surface area (Å²) >= 11 is 0. The molecule has 2 unspecified atom stereocenters. The maximum atomic E-state index is 11.2. The molecule has 1 aliphatic heterocycles. The molecule has 4 nitrogen and oxygen atoms in total. The topological polar surface area (TPSA) is 64.4 Å². The molecule has 2 atom stereocenters. The van der Waals surface area contributed by atoms with Crippen molar-refractivity contribution in [1.82, 2.24) is 5.32 Å². The van der Waals surface area contributed by atoms with Crippen molar-refractivity contribution in [2.24, 2.45) is 5.73 Å². The highest BCUT2D eigenvalue weighted by molar-refractivity contribution is 5.75. The number of primary amides is 1. The number of nitrogens with two attached hydrogens (primary N) is 1. The lowest BCUT2D eigenvalue weighted by Gasteiger charge is -2.41. The molecular weight excluding hydrogens is 204 g/mol. The third-order valence-electron chi connectivity index (χ3n) is 3.23. The van der Waals surface area contributed by atoms with Crippen LogP contribution in [-0.4, -0.2) is 30.7 Å². The number of rotatable bonds is 6. The van der Waals surface area contributed by atoms with Crippen LogP contribution in [0.5, 0.6) is 0 Å². The molecule has 94 valence electrons. The van der Waals surface area contributed by atoms with E-state index in [-0.39, 0.29) is 17.6 Å². The maximum Gasteiger partial charge on any atom is 0.219 e. The van der Waals surface area contributed by atoms with Crippen LogP contribution in [0.2, 0.25) is 0 Å². The van der Waals surface area contributed by atoms with Gasteiger partial charge < -0.3 is 15.8 Å². The SMILES string of the molecule is CCCC1CC(CC(N)=O)(NCC)CCO1. The van der Waals surface area contributed by atoms with E-state index < -0.39 is 0 Å². The van der Waals surface area contributed by atoms with Gasteiger partial charge in [-0.2, -0.15) is 0 Å². The lowest BCUT2D eigenvalue weighted by atomic mass is 9.82. The summed E-state index contributed by atoms with van der Waals surface area (Å²) in [5, 5.41) is 3.44. The van der Waals surface area contributed by atoms with Gasteiger partial charge in [0.2, 0.25) is 5.91 Å². The van der Waals surface area contributed by atoms with Gasteiger partial charge in [0, 0.05) is 18.6 Å². The van der Waals surface area contributed by atoms with Gasteiger partial charge in [0.05, 0.1) is 6.10 Å². The highest BCUT2D eigenvalue weighted by atomic mass is 16.5. The predicted molar refractivity (Wildman–Crippen MR) is 64.1 cm³/mol. The molecule has 16 heavy (non-hydrogen) atoms. The molecule has 0 radical (unpaired) electrons. The molecule has 1 amide bonds. The highest BCUT2D eigenvalue weighted by Crippen LogP contribution is 2.29. The van der Waals surface area contributed by atoms with Gasteiger partial charge in [-0.25, -0.2) is 0 Å². The molecule has 1 rings (SSSR count). The van der Waals surface area contributed by atoms with Crippen LogP contribution in [0.4, 0.5) is 0 Å². The summed E-state index contributed by atoms with van der Waals surface area (Å²) in [6.07, 6.45) is 4.65. The zero-order chi connectivity index (χ0) is 12.0. The maximum absolute atomic E-state index is 11.2. The van der Waals surface area contributed by atoms with Crippen molar-refractivity contribution in [1.29, 1.82) is 0 Å². The van der Waals surface area contributed by atoms with Gasteiger partial charge >= 0.3 is 0 Å². The van der Waals surface area contributed by atoms with E-state index in [0.29, 0.717) is 6.42 Å². The van der Waals surface area contributed by atoms with Gasteiger partial charge in [-0.1, -0.05) is 20.3 Å². The van der Waals surface area contributed by atoms with Crippen LogP contribution >= 0.6 is 0 Å². The van der Waals surface area contributed by atoms with Gasteiger partial charge in [-0.05, 0) is 25.8 Å². The quantitative estimate of drug-likeness (QED) is 0.717. The van der Waals surface area contributed by atoms with Crippen LogP contribution in [0.15, 0.2) is 0 Å². The zero-order valence-electron chi connectivity index (χ0n) is 10.4. The Labute approximate surface area is 97.9 Å². The Morgan fingerprint density at radius 1 is 1.56 bits per heavy atom. The van der Waals surface area contributed by atoms with Crippen molar-refractivity contribution in [2.75, 3.05) is 13.2 Å². The minimum atomic E-state index is -0.224. The Hall–Kier alpha value is -0.610. The molecule has 0 bridgehead atoms. The second-order valence-electron chi connectivity index (χ2n) is 4.69. The molecule has 0 aliphatic carbocycles. The van der Waals surface area contributed by atoms with Gasteiger partial charge in [0.1, 0.15) is 0 Å². The van der Waals surface area contributed by atoms with Crippen LogP contribution in [0, 0.1) is 0 Å². The van der Waals surface area contributed by atoms with E-state index in [1.165, 1.54) is 0 Å². The lowest BCUT2D eigenvalue weighted by Crippen LogP contribution is -2.53. The van der Waals surface area contributed by atoms with Gasteiger partial charge in [0.25, 0.3) is 0 Å². The number of nitrogens with one attached hydrogen (secondary N) is 1. The summed E-state index contributed by atoms with van der Waals surface area (Å²) in [5.41, 5.74) is 5.21. The van der Waals surface area contributed by atoms with Gasteiger partial charge in [-0.15, -0.1) is 0 Å². The zero-order valence-corrected chi connectivity index (χ0v) is 10.4. The smallest absolute Gasteiger partial charge is 0.219 e. The molecule has 4 heteroatoms. The average Bonchev–Trinajstić information content (AvgIpc) is 2.17. The van der Waals surface area contributed by atoms with E-state index in [1.807, 2.05) is 0 Å². The summed E-state index contributed by atoms with van der Waals surface area (Å²) in [4.78, 5) is 11.2. The van der Waals surface area contributed by atoms with E-state index in [9.17, 15) is 4.79 Å². The molecule has 1 saturated heterocycles. The number of carbonyl (C=O) groups excluding carboxylic acids is 1. The Morgan fingerprint density at radius 2 is 2.31 bits per heavy atom. The average molecular weight is 228 g/mol. The van der Waals surface area contributed by atoms with Crippen molar-refractivity contribution in [3.63, 3.8) is 0 Å². The summed E-state index contributed by atoms with van der Waals surface area (Å²) in [7, 11) is 0. The first kappa shape index (κ1) is 13.5. The van der Waals surface area contributed by atoms with Gasteiger partial charge in [-0.3, -0.25) is 4.79 Å². The van der Waals surface area contributed by atoms with E-state index in [0.717, 1.165) is 38.8 Å². The predicted octanol–water partition coefficient (Wildman–Crippen LogP) is 1.19. The summed E-state index contributed by atoms with van der Waals surface area (Å²) in [6.45, 7) is 5.81. The van der Waals surface area contributed by atoms with Crippen LogP contribution in [-0.2, 0) is 9.53 Å². The molecular formula is C12H24N2O2. The Morgan fingerprint density at radius 3 is 2.88 bits per heavy atom. The number of amides is 1. The molecule has 0 aromatic heterocycles. The highest BCUT2D eigenvalue weighted by Gasteiger charge is 2.37. The molecule has 0 saturated carbocycles. The molecule has 1 heterocycles. The standard InChI is InChI=1S/C12H24N2O2/c1-3-5-10-8-12(14-4-2,6-7-16-10)9-11(13)15/h10,14H,3-9H2,1-2H3,(H2,13,15). The number of carbonyl (C=O) groups is 1. The fraction of sp³-hybridized carbons (Fsp3) is 0.917. The van der Waals surface area contributed by atoms with E-state index >= 15 is 0 Å². The Balaban J connectivity index is 2.63. The molecule has 0 spiro atoms. The van der Waals surface area contributed by atoms with E-state index in [1.54, 1.807) is 0 Å². The van der Waals surface area contributed by atoms with E-state index in [2.05, 4.69) is 19.2 Å². The molecule has 1 aliphatic rings. The number of ether oxygens (including phenoxy) is 1. The van der Waals surface area contributed by atoms with Crippen molar-refractivity contribution in [3.8, 4) is 0 Å². The van der Waals surface area contributed by atoms with Crippen molar-refractivity contribution < 1.29 is 9.53 Å². The Kier molecular flexibility index (Phi) is 5.22. The van der Waals surface area contributed by atoms with Crippen LogP contribution in [0.3, 0.4) is 0 Å². The van der Waals surface area contributed by atoms with Crippen molar-refractivity contribution in [2.45, 2.75) is 57.6 Å². The van der Waals surface area contributed by atoms with Crippen LogP contribution < -0.4 is 11.1 Å². The first-order chi connectivity index (χ1) is 7.62. The van der Waals surface area contributed by atoms with Crippen LogP contribution in [0.1, 0.15) is 46.0 Å². The minimum absolute atomic E-state index is 0.126. The normalized spacial score (nSPS) is 30.2. The third-order valence-corrected chi connectivity index (χ3v) is 3.23. The van der Waals surface area contributed by atoms with Crippen molar-refractivity contribution >= 4 is 5.91 Å². The Bertz CT molecular complexity index is 227. The third kappa shape index (κ3) is 3.76. The first-order valence-corrected chi connectivity index (χ1v) is 6.27. The van der Waals surface area contributed by atoms with Gasteiger partial charge in [0.15, 0.2) is 0 Å². The fourth-order valence-electron chi connectivity index (χ4n) is 2.62. The minimum Gasteiger partial charge on any atom is -0.378 e. The summed E-state index contributed by atoms with van der Waals surface area (Å²) in [6, 6.07) is 0.